The van der Waals surface area contributed by atoms with Gasteiger partial charge in [0.25, 0.3) is 5.91 Å². The van der Waals surface area contributed by atoms with Crippen LogP contribution in [0.4, 0.5) is 5.69 Å². The van der Waals surface area contributed by atoms with Crippen LogP contribution in [0.3, 0.4) is 0 Å². The molecule has 4 N–H and O–H groups in total. The summed E-state index contributed by atoms with van der Waals surface area (Å²) in [6.07, 6.45) is 4.86. The Hall–Kier alpha value is -4.80. The number of aliphatic hydroxyl groups is 1. The molecule has 0 unspecified atom stereocenters. The number of aliphatic hydroxyl groups excluding tert-OH is 1. The van der Waals surface area contributed by atoms with Crippen molar-refractivity contribution in [1.29, 1.82) is 0 Å². The minimum absolute atomic E-state index is 0.122. The van der Waals surface area contributed by atoms with Crippen molar-refractivity contribution in [3.63, 3.8) is 0 Å². The largest absolute Gasteiger partial charge is 0.463 e. The average Bonchev–Trinajstić information content (AvgIpc) is 3.08. The molecule has 0 aliphatic heterocycles. The minimum Gasteiger partial charge on any atom is -0.463 e. The second-order valence-corrected chi connectivity index (χ2v) is 11.1. The third-order valence-electron chi connectivity index (χ3n) is 7.48. The van der Waals surface area contributed by atoms with E-state index >= 15 is 0 Å². The number of esters is 1. The molecule has 3 atom stereocenters. The maximum absolute atomic E-state index is 13.6. The Bertz CT molecular complexity index is 1480. The Morgan fingerprint density at radius 3 is 2.32 bits per heavy atom. The third kappa shape index (κ3) is 12.8. The molecule has 47 heavy (non-hydrogen) atoms. The van der Waals surface area contributed by atoms with Crippen LogP contribution in [0.2, 0.25) is 0 Å². The molecular weight excluding hydrogens is 598 g/mol. The van der Waals surface area contributed by atoms with E-state index in [0.29, 0.717) is 24.9 Å². The molecule has 3 aromatic carbocycles. The highest BCUT2D eigenvalue weighted by molar-refractivity contribution is 5.99. The first-order valence-corrected chi connectivity index (χ1v) is 15.8. The molecule has 0 spiro atoms. The van der Waals surface area contributed by atoms with Gasteiger partial charge in [-0.15, -0.1) is 13.2 Å². The Balaban J connectivity index is 1.74. The summed E-state index contributed by atoms with van der Waals surface area (Å²) in [5, 5.41) is 19.0. The van der Waals surface area contributed by atoms with E-state index in [9.17, 15) is 19.2 Å². The summed E-state index contributed by atoms with van der Waals surface area (Å²) in [5.41, 5.74) is 1.49. The van der Waals surface area contributed by atoms with Crippen LogP contribution in [-0.4, -0.2) is 67.8 Å². The summed E-state index contributed by atoms with van der Waals surface area (Å²) in [7, 11) is 0. The standard InChI is InChI=1S/C37H45N3O7/c1-3-5-14-31(23-27-12-7-6-8-13-27)37(45)47-26-33(36(44)39-32-18-17-28-15-9-10-16-29(28)24-32)40-35(43)30(11-4-2)25-34(42)38-19-21-46-22-20-41/h3-4,6-10,12-13,15-18,24,30-31,33,41H,1-2,5,11,14,19-23,25-26H2,(H,38,42)(H,39,44)(H,40,43)/t30-,31-,33+/m1/s1. The maximum Gasteiger partial charge on any atom is 0.309 e. The first-order valence-electron chi connectivity index (χ1n) is 15.8. The van der Waals surface area contributed by atoms with Crippen molar-refractivity contribution in [2.24, 2.45) is 11.8 Å². The zero-order valence-electron chi connectivity index (χ0n) is 26.7. The topological polar surface area (TPSA) is 143 Å². The highest BCUT2D eigenvalue weighted by Gasteiger charge is 2.29. The van der Waals surface area contributed by atoms with E-state index in [-0.39, 0.29) is 45.1 Å². The summed E-state index contributed by atoms with van der Waals surface area (Å²) < 4.78 is 10.8. The quantitative estimate of drug-likeness (QED) is 0.0769. The second-order valence-electron chi connectivity index (χ2n) is 11.1. The van der Waals surface area contributed by atoms with E-state index in [1.54, 1.807) is 12.1 Å². The molecular formula is C37H45N3O7. The number of rotatable bonds is 21. The van der Waals surface area contributed by atoms with Gasteiger partial charge < -0.3 is 30.5 Å². The van der Waals surface area contributed by atoms with Crippen LogP contribution in [0.25, 0.3) is 10.8 Å². The number of ether oxygens (including phenoxy) is 2. The van der Waals surface area contributed by atoms with Crippen molar-refractivity contribution in [2.45, 2.75) is 38.1 Å². The first kappa shape index (κ1) is 36.7. The highest BCUT2D eigenvalue weighted by Crippen LogP contribution is 2.20. The van der Waals surface area contributed by atoms with Gasteiger partial charge in [0.15, 0.2) is 0 Å². The molecule has 0 saturated heterocycles. The van der Waals surface area contributed by atoms with Crippen molar-refractivity contribution < 1.29 is 33.8 Å². The van der Waals surface area contributed by atoms with Gasteiger partial charge in [-0.2, -0.15) is 0 Å². The summed E-state index contributed by atoms with van der Waals surface area (Å²) in [4.78, 5) is 53.0. The predicted molar refractivity (Wildman–Crippen MR) is 182 cm³/mol. The Labute approximate surface area is 276 Å². The van der Waals surface area contributed by atoms with Crippen LogP contribution in [0.15, 0.2) is 98.1 Å². The van der Waals surface area contributed by atoms with Crippen molar-refractivity contribution >= 4 is 40.2 Å². The predicted octanol–water partition coefficient (Wildman–Crippen LogP) is 4.34. The number of allylic oxidation sites excluding steroid dienone is 2. The summed E-state index contributed by atoms with van der Waals surface area (Å²) in [6.45, 7) is 7.53. The lowest BCUT2D eigenvalue weighted by Gasteiger charge is -2.23. The third-order valence-corrected chi connectivity index (χ3v) is 7.48. The molecule has 0 aliphatic carbocycles. The van der Waals surface area contributed by atoms with E-state index in [2.05, 4.69) is 29.1 Å². The average molecular weight is 644 g/mol. The molecule has 0 radical (unpaired) electrons. The normalized spacial score (nSPS) is 12.7. The van der Waals surface area contributed by atoms with E-state index in [4.69, 9.17) is 14.6 Å². The second kappa shape index (κ2) is 20.3. The van der Waals surface area contributed by atoms with Gasteiger partial charge in [-0.25, -0.2) is 0 Å². The van der Waals surface area contributed by atoms with Crippen molar-refractivity contribution in [1.82, 2.24) is 10.6 Å². The van der Waals surface area contributed by atoms with Gasteiger partial charge >= 0.3 is 5.97 Å². The summed E-state index contributed by atoms with van der Waals surface area (Å²) >= 11 is 0. The lowest BCUT2D eigenvalue weighted by molar-refractivity contribution is -0.150. The first-order chi connectivity index (χ1) is 22.8. The smallest absolute Gasteiger partial charge is 0.309 e. The molecule has 250 valence electrons. The van der Waals surface area contributed by atoms with Crippen molar-refractivity contribution in [3.05, 3.63) is 104 Å². The lowest BCUT2D eigenvalue weighted by Crippen LogP contribution is -2.49. The molecule has 0 aromatic heterocycles. The fourth-order valence-corrected chi connectivity index (χ4v) is 4.98. The number of amides is 3. The van der Waals surface area contributed by atoms with Gasteiger partial charge in [0.05, 0.1) is 31.7 Å². The van der Waals surface area contributed by atoms with Crippen LogP contribution in [-0.2, 0) is 35.1 Å². The van der Waals surface area contributed by atoms with Gasteiger partial charge in [0.1, 0.15) is 12.6 Å². The van der Waals surface area contributed by atoms with E-state index in [1.165, 1.54) is 6.08 Å². The van der Waals surface area contributed by atoms with E-state index in [1.807, 2.05) is 66.7 Å². The van der Waals surface area contributed by atoms with E-state index in [0.717, 1.165) is 16.3 Å². The number of hydrogen-bond donors (Lipinski definition) is 4. The van der Waals surface area contributed by atoms with Crippen LogP contribution < -0.4 is 16.0 Å². The van der Waals surface area contributed by atoms with Gasteiger partial charge in [0, 0.05) is 18.7 Å². The molecule has 0 heterocycles. The van der Waals surface area contributed by atoms with Gasteiger partial charge in [-0.3, -0.25) is 19.2 Å². The minimum atomic E-state index is -1.24. The van der Waals surface area contributed by atoms with Gasteiger partial charge in [-0.1, -0.05) is 72.8 Å². The molecule has 10 nitrogen and oxygen atoms in total. The number of fused-ring (bicyclic) bond motifs is 1. The molecule has 3 aromatic rings. The van der Waals surface area contributed by atoms with Crippen LogP contribution in [0, 0.1) is 11.8 Å². The number of anilines is 1. The molecule has 0 bridgehead atoms. The lowest BCUT2D eigenvalue weighted by atomic mass is 9.95. The van der Waals surface area contributed by atoms with Crippen LogP contribution in [0.5, 0.6) is 0 Å². The Morgan fingerprint density at radius 1 is 0.851 bits per heavy atom. The van der Waals surface area contributed by atoms with Crippen LogP contribution in [0.1, 0.15) is 31.2 Å². The molecule has 0 aliphatic rings. The number of benzene rings is 3. The van der Waals surface area contributed by atoms with Gasteiger partial charge in [-0.05, 0) is 54.2 Å². The molecule has 3 rings (SSSR count). The zero-order valence-corrected chi connectivity index (χ0v) is 26.7. The van der Waals surface area contributed by atoms with Crippen molar-refractivity contribution in [2.75, 3.05) is 38.3 Å². The SMILES string of the molecule is C=CCC[C@H](Cc1ccccc1)C(=O)OC[C@H](NC(=O)[C@H](CC=C)CC(=O)NCCOCCO)C(=O)Nc1ccc2ccccc2c1. The molecule has 3 amide bonds. The van der Waals surface area contributed by atoms with E-state index < -0.39 is 42.3 Å². The number of carbonyl (C=O) groups is 4. The highest BCUT2D eigenvalue weighted by atomic mass is 16.5. The van der Waals surface area contributed by atoms with Gasteiger partial charge in [0.2, 0.25) is 11.8 Å². The van der Waals surface area contributed by atoms with Crippen molar-refractivity contribution in [3.8, 4) is 0 Å². The number of carbonyl (C=O) groups excluding carboxylic acids is 4. The van der Waals surface area contributed by atoms with Crippen LogP contribution >= 0.6 is 0 Å². The fraction of sp³-hybridized carbons (Fsp3) is 0.351. The maximum atomic E-state index is 13.6. The Morgan fingerprint density at radius 2 is 1.60 bits per heavy atom. The molecule has 0 fully saturated rings. The number of hydrogen-bond acceptors (Lipinski definition) is 7. The fourth-order valence-electron chi connectivity index (χ4n) is 4.98. The molecule has 0 saturated carbocycles. The summed E-state index contributed by atoms with van der Waals surface area (Å²) in [5.74, 6) is -3.30. The summed E-state index contributed by atoms with van der Waals surface area (Å²) in [6, 6.07) is 21.5. The number of nitrogens with one attached hydrogen (secondary N) is 3. The molecule has 10 heteroatoms. The monoisotopic (exact) mass is 643 g/mol. The Kier molecular flexibility index (Phi) is 15.9. The zero-order chi connectivity index (χ0) is 33.9.